The molecule has 0 spiro atoms. The largest absolute Gasteiger partial charge is 0.271 e. The van der Waals surface area contributed by atoms with Crippen molar-refractivity contribution in [3.63, 3.8) is 0 Å². The highest BCUT2D eigenvalue weighted by atomic mass is 15.2. The molecule has 2 aromatic rings. The van der Waals surface area contributed by atoms with Crippen molar-refractivity contribution in [3.05, 3.63) is 47.0 Å². The zero-order valence-corrected chi connectivity index (χ0v) is 9.96. The first-order valence-corrected chi connectivity index (χ1v) is 5.63. The highest BCUT2D eigenvalue weighted by molar-refractivity contribution is 5.87. The molecular weight excluding hydrogens is 212 g/mol. The molecule has 0 saturated heterocycles. The van der Waals surface area contributed by atoms with E-state index >= 15 is 0 Å². The van der Waals surface area contributed by atoms with Crippen LogP contribution >= 0.6 is 0 Å². The second-order valence-electron chi connectivity index (χ2n) is 4.24. The van der Waals surface area contributed by atoms with Gasteiger partial charge in [-0.15, -0.1) is 0 Å². The molecule has 4 nitrogen and oxygen atoms in total. The van der Waals surface area contributed by atoms with E-state index in [1.54, 1.807) is 0 Å². The smallest absolute Gasteiger partial charge is 0.0354 e. The highest BCUT2D eigenvalue weighted by Gasteiger charge is 2.03. The Labute approximate surface area is 101 Å². The fourth-order valence-electron chi connectivity index (χ4n) is 2.13. The molecule has 0 saturated carbocycles. The average molecular weight is 230 g/mol. The van der Waals surface area contributed by atoms with E-state index in [1.807, 2.05) is 0 Å². The zero-order valence-electron chi connectivity index (χ0n) is 9.96. The molecule has 90 valence electrons. The third-order valence-electron chi connectivity index (χ3n) is 2.85. The third-order valence-corrected chi connectivity index (χ3v) is 2.85. The first-order valence-electron chi connectivity index (χ1n) is 5.63. The molecule has 0 radical (unpaired) electrons. The van der Waals surface area contributed by atoms with Crippen molar-refractivity contribution in [3.8, 4) is 0 Å². The van der Waals surface area contributed by atoms with E-state index in [2.05, 4.69) is 48.1 Å². The Kier molecular flexibility index (Phi) is 3.71. The molecule has 0 heterocycles. The van der Waals surface area contributed by atoms with Gasteiger partial charge in [0.1, 0.15) is 0 Å². The number of aryl methyl sites for hydroxylation is 1. The predicted octanol–water partition coefficient (Wildman–Crippen LogP) is 1.07. The van der Waals surface area contributed by atoms with Crippen molar-refractivity contribution >= 4 is 10.8 Å². The number of hydrazine groups is 2. The van der Waals surface area contributed by atoms with Gasteiger partial charge in [-0.05, 0) is 34.9 Å². The van der Waals surface area contributed by atoms with Crippen LogP contribution in [0, 0.1) is 6.92 Å². The molecule has 0 aromatic heterocycles. The number of hydrogen-bond donors (Lipinski definition) is 4. The lowest BCUT2D eigenvalue weighted by atomic mass is 9.99. The standard InChI is InChI=1S/C13H18N4/c1-9-4-11-3-2-10(7-16-14)6-13(11)12(5-9)8-17-15/h2-6,16-17H,7-8,14-15H2,1H3. The summed E-state index contributed by atoms with van der Waals surface area (Å²) in [6, 6.07) is 10.7. The Hall–Kier alpha value is -1.46. The van der Waals surface area contributed by atoms with Crippen molar-refractivity contribution in [1.29, 1.82) is 0 Å². The van der Waals surface area contributed by atoms with Gasteiger partial charge < -0.3 is 0 Å². The summed E-state index contributed by atoms with van der Waals surface area (Å²) in [4.78, 5) is 0. The van der Waals surface area contributed by atoms with E-state index in [1.165, 1.54) is 27.5 Å². The summed E-state index contributed by atoms with van der Waals surface area (Å²) in [6.07, 6.45) is 0. The van der Waals surface area contributed by atoms with E-state index in [0.29, 0.717) is 13.1 Å². The van der Waals surface area contributed by atoms with Crippen LogP contribution in [0.4, 0.5) is 0 Å². The molecular formula is C13H18N4. The van der Waals surface area contributed by atoms with Crippen molar-refractivity contribution in [2.24, 2.45) is 11.7 Å². The number of benzene rings is 2. The number of rotatable bonds is 4. The Balaban J connectivity index is 2.56. The van der Waals surface area contributed by atoms with Crippen molar-refractivity contribution < 1.29 is 0 Å². The molecule has 6 N–H and O–H groups in total. The topological polar surface area (TPSA) is 76.1 Å². The number of nitrogens with one attached hydrogen (secondary N) is 2. The Morgan fingerprint density at radius 3 is 2.47 bits per heavy atom. The highest BCUT2D eigenvalue weighted by Crippen LogP contribution is 2.22. The van der Waals surface area contributed by atoms with Crippen molar-refractivity contribution in [2.45, 2.75) is 20.0 Å². The maximum Gasteiger partial charge on any atom is 0.0354 e. The number of nitrogens with two attached hydrogens (primary N) is 2. The predicted molar refractivity (Wildman–Crippen MR) is 70.7 cm³/mol. The number of fused-ring (bicyclic) bond motifs is 1. The monoisotopic (exact) mass is 230 g/mol. The molecule has 2 aromatic carbocycles. The summed E-state index contributed by atoms with van der Waals surface area (Å²) in [5.41, 5.74) is 9.01. The van der Waals surface area contributed by atoms with Gasteiger partial charge in [0.05, 0.1) is 0 Å². The van der Waals surface area contributed by atoms with E-state index in [4.69, 9.17) is 11.7 Å². The third kappa shape index (κ3) is 2.62. The molecule has 0 amide bonds. The van der Waals surface area contributed by atoms with Crippen molar-refractivity contribution in [1.82, 2.24) is 10.9 Å². The van der Waals surface area contributed by atoms with E-state index < -0.39 is 0 Å². The van der Waals surface area contributed by atoms with Crippen LogP contribution in [0.2, 0.25) is 0 Å². The second kappa shape index (κ2) is 5.25. The van der Waals surface area contributed by atoms with Gasteiger partial charge in [0.25, 0.3) is 0 Å². The van der Waals surface area contributed by atoms with Crippen LogP contribution in [0.25, 0.3) is 10.8 Å². The fourth-order valence-corrected chi connectivity index (χ4v) is 2.13. The SMILES string of the molecule is Cc1cc(CNN)c2cc(CNN)ccc2c1. The molecule has 0 aliphatic rings. The maximum absolute atomic E-state index is 5.42. The van der Waals surface area contributed by atoms with Gasteiger partial charge >= 0.3 is 0 Å². The molecule has 17 heavy (non-hydrogen) atoms. The lowest BCUT2D eigenvalue weighted by Crippen LogP contribution is -2.21. The van der Waals surface area contributed by atoms with E-state index in [9.17, 15) is 0 Å². The van der Waals surface area contributed by atoms with Crippen LogP contribution in [0.5, 0.6) is 0 Å². The van der Waals surface area contributed by atoms with Crippen LogP contribution in [0.15, 0.2) is 30.3 Å². The minimum atomic E-state index is 0.664. The van der Waals surface area contributed by atoms with Gasteiger partial charge in [-0.1, -0.05) is 29.8 Å². The lowest BCUT2D eigenvalue weighted by molar-refractivity contribution is 0.739. The Morgan fingerprint density at radius 1 is 1.00 bits per heavy atom. The van der Waals surface area contributed by atoms with Crippen molar-refractivity contribution in [2.75, 3.05) is 0 Å². The van der Waals surface area contributed by atoms with Gasteiger partial charge in [-0.25, -0.2) is 0 Å². The van der Waals surface area contributed by atoms with Crippen LogP contribution in [-0.2, 0) is 13.1 Å². The van der Waals surface area contributed by atoms with Gasteiger partial charge in [0.15, 0.2) is 0 Å². The maximum atomic E-state index is 5.42. The van der Waals surface area contributed by atoms with E-state index in [0.717, 1.165) is 0 Å². The second-order valence-corrected chi connectivity index (χ2v) is 4.24. The molecule has 0 atom stereocenters. The first-order chi connectivity index (χ1) is 8.24. The molecule has 0 fully saturated rings. The van der Waals surface area contributed by atoms with Crippen LogP contribution in [0.3, 0.4) is 0 Å². The van der Waals surface area contributed by atoms with Crippen LogP contribution in [0.1, 0.15) is 16.7 Å². The molecule has 4 heteroatoms. The fraction of sp³-hybridized carbons (Fsp3) is 0.231. The van der Waals surface area contributed by atoms with Crippen LogP contribution < -0.4 is 22.5 Å². The lowest BCUT2D eigenvalue weighted by Gasteiger charge is -2.10. The first kappa shape index (κ1) is 12.0. The normalized spacial score (nSPS) is 11.0. The molecule has 0 unspecified atom stereocenters. The van der Waals surface area contributed by atoms with E-state index in [-0.39, 0.29) is 0 Å². The quantitative estimate of drug-likeness (QED) is 0.468. The van der Waals surface area contributed by atoms with Crippen LogP contribution in [-0.4, -0.2) is 0 Å². The minimum absolute atomic E-state index is 0.664. The average Bonchev–Trinajstić information content (AvgIpc) is 2.30. The van der Waals surface area contributed by atoms with Gasteiger partial charge in [-0.2, -0.15) is 0 Å². The summed E-state index contributed by atoms with van der Waals surface area (Å²) in [7, 11) is 0. The minimum Gasteiger partial charge on any atom is -0.271 e. The summed E-state index contributed by atoms with van der Waals surface area (Å²) < 4.78 is 0. The Bertz CT molecular complexity index is 522. The molecule has 2 rings (SSSR count). The summed E-state index contributed by atoms with van der Waals surface area (Å²) >= 11 is 0. The zero-order chi connectivity index (χ0) is 12.3. The van der Waals surface area contributed by atoms with Gasteiger partial charge in [0, 0.05) is 13.1 Å². The number of hydrogen-bond acceptors (Lipinski definition) is 4. The molecule has 0 bridgehead atoms. The molecule has 0 aliphatic heterocycles. The van der Waals surface area contributed by atoms with Gasteiger partial charge in [-0.3, -0.25) is 22.5 Å². The summed E-state index contributed by atoms with van der Waals surface area (Å²) in [5, 5.41) is 2.46. The summed E-state index contributed by atoms with van der Waals surface area (Å²) in [6.45, 7) is 3.42. The summed E-state index contributed by atoms with van der Waals surface area (Å²) in [5.74, 6) is 10.8. The Morgan fingerprint density at radius 2 is 1.76 bits per heavy atom. The molecule has 0 aliphatic carbocycles. The van der Waals surface area contributed by atoms with Gasteiger partial charge in [0.2, 0.25) is 0 Å².